The van der Waals surface area contributed by atoms with Crippen LogP contribution in [0.25, 0.3) is 0 Å². The van der Waals surface area contributed by atoms with Crippen LogP contribution in [0.5, 0.6) is 11.5 Å². The molecule has 2 rings (SSSR count). The van der Waals surface area contributed by atoms with Crippen LogP contribution in [0.15, 0.2) is 23.2 Å². The molecule has 1 aromatic rings. The van der Waals surface area contributed by atoms with Crippen molar-refractivity contribution in [2.45, 2.75) is 12.8 Å². The van der Waals surface area contributed by atoms with Crippen molar-refractivity contribution in [2.75, 3.05) is 38.9 Å². The summed E-state index contributed by atoms with van der Waals surface area (Å²) in [5.41, 5.74) is 1.15. The average Bonchev–Trinajstić information content (AvgIpc) is 2.96. The summed E-state index contributed by atoms with van der Waals surface area (Å²) in [7, 11) is -1.22. The first kappa shape index (κ1) is 17.4. The van der Waals surface area contributed by atoms with Crippen LogP contribution in [0.2, 0.25) is 0 Å². The Morgan fingerprint density at radius 3 is 2.70 bits per heavy atom. The number of nitrogens with zero attached hydrogens (tertiary/aromatic N) is 1. The summed E-state index contributed by atoms with van der Waals surface area (Å²) in [4.78, 5) is 4.11. The Labute approximate surface area is 137 Å². The van der Waals surface area contributed by atoms with Gasteiger partial charge in [0.2, 0.25) is 6.79 Å². The van der Waals surface area contributed by atoms with Gasteiger partial charge in [-0.1, -0.05) is 6.07 Å². The first-order valence-corrected chi connectivity index (χ1v) is 9.55. The monoisotopic (exact) mass is 341 g/mol. The van der Waals surface area contributed by atoms with Crippen LogP contribution in [0.3, 0.4) is 0 Å². The molecule has 1 aliphatic rings. The topological polar surface area (TPSA) is 89.0 Å². The van der Waals surface area contributed by atoms with Gasteiger partial charge in [0.25, 0.3) is 0 Å². The van der Waals surface area contributed by atoms with Gasteiger partial charge in [0.1, 0.15) is 9.84 Å². The molecule has 0 aromatic heterocycles. The minimum atomic E-state index is -2.91. The lowest BCUT2D eigenvalue weighted by Crippen LogP contribution is -2.39. The Balaban J connectivity index is 1.69. The quantitative estimate of drug-likeness (QED) is 0.428. The first-order valence-electron chi connectivity index (χ1n) is 7.49. The molecule has 0 bridgehead atoms. The number of sulfone groups is 1. The minimum absolute atomic E-state index is 0.175. The molecule has 0 saturated carbocycles. The van der Waals surface area contributed by atoms with Crippen LogP contribution in [-0.4, -0.2) is 53.3 Å². The van der Waals surface area contributed by atoms with E-state index in [9.17, 15) is 8.42 Å². The molecular weight excluding hydrogens is 318 g/mol. The third-order valence-electron chi connectivity index (χ3n) is 3.35. The van der Waals surface area contributed by atoms with Gasteiger partial charge in [-0.25, -0.2) is 8.42 Å². The maximum atomic E-state index is 11.1. The molecule has 128 valence electrons. The van der Waals surface area contributed by atoms with E-state index in [1.165, 1.54) is 6.26 Å². The van der Waals surface area contributed by atoms with Gasteiger partial charge in [0, 0.05) is 26.4 Å². The maximum Gasteiger partial charge on any atom is 0.231 e. The number of nitrogens with one attached hydrogen (secondary N) is 2. The van der Waals surface area contributed by atoms with Crippen LogP contribution in [-0.2, 0) is 16.3 Å². The zero-order valence-corrected chi connectivity index (χ0v) is 14.3. The van der Waals surface area contributed by atoms with Crippen LogP contribution in [0.4, 0.5) is 0 Å². The molecule has 2 N–H and O–H groups in total. The lowest BCUT2D eigenvalue weighted by atomic mass is 10.1. The third-order valence-corrected chi connectivity index (χ3v) is 4.38. The van der Waals surface area contributed by atoms with Gasteiger partial charge in [-0.15, -0.1) is 0 Å². The molecule has 0 unspecified atom stereocenters. The molecule has 0 amide bonds. The van der Waals surface area contributed by atoms with E-state index < -0.39 is 9.84 Å². The lowest BCUT2D eigenvalue weighted by Gasteiger charge is -2.11. The highest BCUT2D eigenvalue weighted by molar-refractivity contribution is 7.90. The molecule has 1 aromatic carbocycles. The van der Waals surface area contributed by atoms with E-state index in [-0.39, 0.29) is 12.5 Å². The molecule has 0 radical (unpaired) electrons. The minimum Gasteiger partial charge on any atom is -0.454 e. The van der Waals surface area contributed by atoms with E-state index in [0.29, 0.717) is 25.5 Å². The number of hydrogen-bond donors (Lipinski definition) is 2. The van der Waals surface area contributed by atoms with Crippen LogP contribution in [0, 0.1) is 0 Å². The van der Waals surface area contributed by atoms with Gasteiger partial charge in [-0.2, -0.15) is 0 Å². The van der Waals surface area contributed by atoms with E-state index in [4.69, 9.17) is 9.47 Å². The summed E-state index contributed by atoms with van der Waals surface area (Å²) in [5.74, 6) is 2.41. The Morgan fingerprint density at radius 1 is 1.22 bits per heavy atom. The number of ether oxygens (including phenoxy) is 2. The zero-order chi connectivity index (χ0) is 16.7. The van der Waals surface area contributed by atoms with Gasteiger partial charge in [-0.05, 0) is 30.5 Å². The summed E-state index contributed by atoms with van der Waals surface area (Å²) in [6, 6.07) is 5.90. The smallest absolute Gasteiger partial charge is 0.231 e. The zero-order valence-electron chi connectivity index (χ0n) is 13.5. The highest BCUT2D eigenvalue weighted by atomic mass is 32.2. The Hall–Kier alpha value is -1.96. The molecule has 1 heterocycles. The third kappa shape index (κ3) is 5.97. The largest absolute Gasteiger partial charge is 0.454 e. The van der Waals surface area contributed by atoms with Crippen molar-refractivity contribution in [3.63, 3.8) is 0 Å². The second-order valence-corrected chi connectivity index (χ2v) is 7.61. The van der Waals surface area contributed by atoms with Crippen molar-refractivity contribution in [1.82, 2.24) is 10.6 Å². The molecule has 23 heavy (non-hydrogen) atoms. The number of aliphatic imine (C=N–C) groups is 1. The van der Waals surface area contributed by atoms with Crippen molar-refractivity contribution >= 4 is 15.8 Å². The van der Waals surface area contributed by atoms with Crippen molar-refractivity contribution < 1.29 is 17.9 Å². The van der Waals surface area contributed by atoms with Gasteiger partial charge in [0.05, 0.1) is 5.75 Å². The van der Waals surface area contributed by atoms with Gasteiger partial charge in [-0.3, -0.25) is 4.99 Å². The SMILES string of the molecule is CN=C(NCCCS(C)(=O)=O)NCCc1ccc2c(c1)OCO2. The summed E-state index contributed by atoms with van der Waals surface area (Å²) < 4.78 is 32.8. The normalized spacial score (nSPS) is 13.9. The second kappa shape index (κ2) is 8.05. The summed E-state index contributed by atoms with van der Waals surface area (Å²) in [5, 5.41) is 6.30. The molecular formula is C15H23N3O4S. The highest BCUT2D eigenvalue weighted by Crippen LogP contribution is 2.32. The molecule has 0 fully saturated rings. The number of rotatable bonds is 7. The lowest BCUT2D eigenvalue weighted by molar-refractivity contribution is 0.174. The van der Waals surface area contributed by atoms with E-state index in [1.807, 2.05) is 18.2 Å². The molecule has 0 spiro atoms. The maximum absolute atomic E-state index is 11.1. The average molecular weight is 341 g/mol. The summed E-state index contributed by atoms with van der Waals surface area (Å²) >= 11 is 0. The van der Waals surface area contributed by atoms with Gasteiger partial charge in [0.15, 0.2) is 17.5 Å². The standard InChI is InChI=1S/C15H23N3O4S/c1-16-15(17-7-3-9-23(2,19)20)18-8-6-12-4-5-13-14(10-12)22-11-21-13/h4-5,10H,3,6-9,11H2,1-2H3,(H2,16,17,18). The fraction of sp³-hybridized carbons (Fsp3) is 0.533. The number of hydrogen-bond acceptors (Lipinski definition) is 5. The van der Waals surface area contributed by atoms with Crippen LogP contribution < -0.4 is 20.1 Å². The van der Waals surface area contributed by atoms with Crippen LogP contribution in [0.1, 0.15) is 12.0 Å². The fourth-order valence-electron chi connectivity index (χ4n) is 2.18. The molecule has 8 heteroatoms. The number of fused-ring (bicyclic) bond motifs is 1. The van der Waals surface area contributed by atoms with Gasteiger partial charge >= 0.3 is 0 Å². The van der Waals surface area contributed by atoms with E-state index in [2.05, 4.69) is 15.6 Å². The molecule has 7 nitrogen and oxygen atoms in total. The van der Waals surface area contributed by atoms with Gasteiger partial charge < -0.3 is 20.1 Å². The van der Waals surface area contributed by atoms with E-state index in [1.54, 1.807) is 7.05 Å². The number of benzene rings is 1. The first-order chi connectivity index (χ1) is 11.0. The Kier molecular flexibility index (Phi) is 6.09. The molecule has 0 aliphatic carbocycles. The number of guanidine groups is 1. The predicted molar refractivity (Wildman–Crippen MR) is 90.0 cm³/mol. The van der Waals surface area contributed by atoms with Crippen molar-refractivity contribution in [1.29, 1.82) is 0 Å². The second-order valence-electron chi connectivity index (χ2n) is 5.35. The molecule has 1 aliphatic heterocycles. The Morgan fingerprint density at radius 2 is 1.96 bits per heavy atom. The summed E-state index contributed by atoms with van der Waals surface area (Å²) in [6.07, 6.45) is 2.62. The molecule has 0 atom stereocenters. The molecule has 0 saturated heterocycles. The summed E-state index contributed by atoms with van der Waals surface area (Å²) in [6.45, 7) is 1.56. The van der Waals surface area contributed by atoms with Crippen molar-refractivity contribution in [3.8, 4) is 11.5 Å². The van der Waals surface area contributed by atoms with Crippen LogP contribution >= 0.6 is 0 Å². The Bertz CT molecular complexity index is 659. The predicted octanol–water partition coefficient (Wildman–Crippen LogP) is 0.558. The highest BCUT2D eigenvalue weighted by Gasteiger charge is 2.12. The van der Waals surface area contributed by atoms with Crippen molar-refractivity contribution in [3.05, 3.63) is 23.8 Å². The van der Waals surface area contributed by atoms with E-state index in [0.717, 1.165) is 23.5 Å². The van der Waals surface area contributed by atoms with E-state index >= 15 is 0 Å². The van der Waals surface area contributed by atoms with Crippen molar-refractivity contribution in [2.24, 2.45) is 4.99 Å². The fourth-order valence-corrected chi connectivity index (χ4v) is 2.85.